The third-order valence-corrected chi connectivity index (χ3v) is 6.16. The monoisotopic (exact) mass is 524 g/mol. The standard InChI is InChI=1S/C20H30ClFN4O.HI/c1-23-19(25(2)14-16-17(21)6-5-7-18(16)22)24-15-20(8-12-27-13-9-20)26-10-3-4-11-26;/h5-7H,3-4,8-15H2,1-2H3,(H,23,24);1H. The highest BCUT2D eigenvalue weighted by Crippen LogP contribution is 2.31. The number of likely N-dealkylation sites (tertiary alicyclic amines) is 1. The van der Waals surface area contributed by atoms with Gasteiger partial charge in [0.05, 0.1) is 0 Å². The summed E-state index contributed by atoms with van der Waals surface area (Å²) in [5.74, 6) is 0.460. The molecule has 0 radical (unpaired) electrons. The molecule has 5 nitrogen and oxygen atoms in total. The van der Waals surface area contributed by atoms with E-state index in [4.69, 9.17) is 16.3 Å². The fraction of sp³-hybridized carbons (Fsp3) is 0.650. The number of hydrogen-bond acceptors (Lipinski definition) is 3. The van der Waals surface area contributed by atoms with E-state index in [9.17, 15) is 4.39 Å². The average Bonchev–Trinajstić information content (AvgIpc) is 3.21. The van der Waals surface area contributed by atoms with Crippen LogP contribution in [0.15, 0.2) is 23.2 Å². The van der Waals surface area contributed by atoms with E-state index in [2.05, 4.69) is 15.2 Å². The van der Waals surface area contributed by atoms with Gasteiger partial charge in [-0.15, -0.1) is 24.0 Å². The Morgan fingerprint density at radius 1 is 1.32 bits per heavy atom. The largest absolute Gasteiger partial charge is 0.381 e. The molecule has 0 saturated carbocycles. The summed E-state index contributed by atoms with van der Waals surface area (Å²) in [5.41, 5.74) is 0.603. The molecule has 1 N–H and O–H groups in total. The van der Waals surface area contributed by atoms with Crippen LogP contribution < -0.4 is 5.32 Å². The Balaban J connectivity index is 0.00000280. The van der Waals surface area contributed by atoms with Gasteiger partial charge in [-0.25, -0.2) is 4.39 Å². The summed E-state index contributed by atoms with van der Waals surface area (Å²) in [5, 5.41) is 3.97. The maximum Gasteiger partial charge on any atom is 0.193 e. The minimum Gasteiger partial charge on any atom is -0.381 e. The van der Waals surface area contributed by atoms with Crippen molar-refractivity contribution in [1.82, 2.24) is 15.1 Å². The second-order valence-electron chi connectivity index (χ2n) is 7.49. The predicted molar refractivity (Wildman–Crippen MR) is 123 cm³/mol. The molecule has 8 heteroatoms. The van der Waals surface area contributed by atoms with Crippen molar-refractivity contribution in [2.24, 2.45) is 4.99 Å². The molecule has 28 heavy (non-hydrogen) atoms. The van der Waals surface area contributed by atoms with Gasteiger partial charge in [-0.2, -0.15) is 0 Å². The zero-order valence-electron chi connectivity index (χ0n) is 16.7. The number of benzene rings is 1. The van der Waals surface area contributed by atoms with Crippen LogP contribution in [-0.4, -0.2) is 68.2 Å². The van der Waals surface area contributed by atoms with Crippen LogP contribution in [0.3, 0.4) is 0 Å². The molecule has 0 aliphatic carbocycles. The van der Waals surface area contributed by atoms with E-state index in [1.165, 1.54) is 18.9 Å². The Morgan fingerprint density at radius 3 is 2.61 bits per heavy atom. The smallest absolute Gasteiger partial charge is 0.193 e. The number of halogens is 3. The van der Waals surface area contributed by atoms with E-state index >= 15 is 0 Å². The molecule has 0 amide bonds. The predicted octanol–water partition coefficient (Wildman–Crippen LogP) is 3.75. The van der Waals surface area contributed by atoms with Crippen LogP contribution in [0.2, 0.25) is 5.02 Å². The van der Waals surface area contributed by atoms with Gasteiger partial charge in [-0.1, -0.05) is 17.7 Å². The molecule has 0 spiro atoms. The summed E-state index contributed by atoms with van der Waals surface area (Å²) < 4.78 is 19.7. The van der Waals surface area contributed by atoms with Gasteiger partial charge in [-0.05, 0) is 50.9 Å². The van der Waals surface area contributed by atoms with Crippen LogP contribution in [-0.2, 0) is 11.3 Å². The van der Waals surface area contributed by atoms with E-state index in [1.807, 2.05) is 11.9 Å². The van der Waals surface area contributed by atoms with E-state index in [1.54, 1.807) is 19.2 Å². The van der Waals surface area contributed by atoms with Crippen LogP contribution in [0.5, 0.6) is 0 Å². The minimum absolute atomic E-state index is 0. The number of guanidine groups is 1. The van der Waals surface area contributed by atoms with E-state index < -0.39 is 0 Å². The van der Waals surface area contributed by atoms with Crippen LogP contribution >= 0.6 is 35.6 Å². The highest BCUT2D eigenvalue weighted by atomic mass is 127. The van der Waals surface area contributed by atoms with Crippen molar-refractivity contribution in [2.45, 2.75) is 37.8 Å². The molecule has 158 valence electrons. The number of rotatable bonds is 5. The van der Waals surface area contributed by atoms with Gasteiger partial charge in [0.1, 0.15) is 5.82 Å². The molecule has 2 aliphatic rings. The van der Waals surface area contributed by atoms with Gasteiger partial charge in [-0.3, -0.25) is 9.89 Å². The zero-order chi connectivity index (χ0) is 19.3. The van der Waals surface area contributed by atoms with Crippen LogP contribution in [0.25, 0.3) is 0 Å². The maximum absolute atomic E-state index is 14.1. The quantitative estimate of drug-likeness (QED) is 0.362. The Bertz CT molecular complexity index is 643. The second-order valence-corrected chi connectivity index (χ2v) is 7.90. The van der Waals surface area contributed by atoms with Crippen molar-refractivity contribution in [3.63, 3.8) is 0 Å². The molecule has 1 aromatic carbocycles. The van der Waals surface area contributed by atoms with Crippen molar-refractivity contribution < 1.29 is 9.13 Å². The zero-order valence-corrected chi connectivity index (χ0v) is 19.8. The van der Waals surface area contributed by atoms with Crippen molar-refractivity contribution in [1.29, 1.82) is 0 Å². The fourth-order valence-corrected chi connectivity index (χ4v) is 4.39. The minimum atomic E-state index is -0.289. The lowest BCUT2D eigenvalue weighted by molar-refractivity contribution is -0.0166. The van der Waals surface area contributed by atoms with Crippen LogP contribution in [0.4, 0.5) is 4.39 Å². The van der Waals surface area contributed by atoms with E-state index in [0.717, 1.165) is 51.6 Å². The van der Waals surface area contributed by atoms with Crippen molar-refractivity contribution in [2.75, 3.05) is 46.9 Å². The summed E-state index contributed by atoms with van der Waals surface area (Å²) in [7, 11) is 3.67. The molecule has 3 rings (SSSR count). The number of ether oxygens (including phenoxy) is 1. The normalized spacial score (nSPS) is 19.9. The molecule has 2 saturated heterocycles. The Morgan fingerprint density at radius 2 is 2.00 bits per heavy atom. The summed E-state index contributed by atoms with van der Waals surface area (Å²) >= 11 is 6.18. The highest BCUT2D eigenvalue weighted by molar-refractivity contribution is 14.0. The Hall–Kier alpha value is -0.640. The third-order valence-electron chi connectivity index (χ3n) is 5.81. The van der Waals surface area contributed by atoms with Gasteiger partial charge in [0, 0.05) is 56.5 Å². The van der Waals surface area contributed by atoms with Gasteiger partial charge in [0.25, 0.3) is 0 Å². The number of hydrogen-bond donors (Lipinski definition) is 1. The van der Waals surface area contributed by atoms with Crippen LogP contribution in [0, 0.1) is 5.82 Å². The maximum atomic E-state index is 14.1. The van der Waals surface area contributed by atoms with Gasteiger partial charge in [0.2, 0.25) is 0 Å². The van der Waals surface area contributed by atoms with E-state index in [0.29, 0.717) is 17.1 Å². The molecular formula is C20H31ClFIN4O. The second kappa shape index (κ2) is 10.9. The lowest BCUT2D eigenvalue weighted by Gasteiger charge is -2.45. The van der Waals surface area contributed by atoms with Gasteiger partial charge in [0.15, 0.2) is 5.96 Å². The molecule has 0 aromatic heterocycles. The summed E-state index contributed by atoms with van der Waals surface area (Å²) in [6, 6.07) is 4.78. The number of nitrogens with zero attached hydrogens (tertiary/aromatic N) is 3. The Labute approximate surface area is 189 Å². The highest BCUT2D eigenvalue weighted by Gasteiger charge is 2.39. The number of nitrogens with one attached hydrogen (secondary N) is 1. The molecule has 2 fully saturated rings. The fourth-order valence-electron chi connectivity index (χ4n) is 4.17. The van der Waals surface area contributed by atoms with Gasteiger partial charge >= 0.3 is 0 Å². The first kappa shape index (κ1) is 23.6. The lowest BCUT2D eigenvalue weighted by atomic mass is 9.88. The van der Waals surface area contributed by atoms with Gasteiger partial charge < -0.3 is 15.0 Å². The number of aliphatic imine (C=N–C) groups is 1. The summed E-state index contributed by atoms with van der Waals surface area (Å²) in [4.78, 5) is 8.93. The van der Waals surface area contributed by atoms with Crippen molar-refractivity contribution >= 4 is 41.5 Å². The average molecular weight is 525 g/mol. The molecule has 1 aromatic rings. The molecule has 2 aliphatic heterocycles. The van der Waals surface area contributed by atoms with Crippen LogP contribution in [0.1, 0.15) is 31.2 Å². The summed E-state index contributed by atoms with van der Waals surface area (Å²) in [6.45, 7) is 5.10. The molecule has 0 unspecified atom stereocenters. The first-order valence-electron chi connectivity index (χ1n) is 9.73. The third kappa shape index (κ3) is 5.49. The van der Waals surface area contributed by atoms with E-state index in [-0.39, 0.29) is 35.3 Å². The van der Waals surface area contributed by atoms with Crippen molar-refractivity contribution in [3.8, 4) is 0 Å². The first-order valence-corrected chi connectivity index (χ1v) is 10.1. The SMILES string of the molecule is CN=C(NCC1(N2CCCC2)CCOCC1)N(C)Cc1c(F)cccc1Cl.I. The Kier molecular flexibility index (Phi) is 9.24. The molecular weight excluding hydrogens is 494 g/mol. The lowest BCUT2D eigenvalue weighted by Crippen LogP contribution is -2.58. The first-order chi connectivity index (χ1) is 13.1. The molecule has 2 heterocycles. The van der Waals surface area contributed by atoms with Crippen molar-refractivity contribution in [3.05, 3.63) is 34.6 Å². The summed E-state index contributed by atoms with van der Waals surface area (Å²) in [6.07, 6.45) is 4.59. The molecule has 0 bridgehead atoms. The topological polar surface area (TPSA) is 40.1 Å². The molecule has 0 atom stereocenters.